The monoisotopic (exact) mass is 344 g/mol. The highest BCUT2D eigenvalue weighted by molar-refractivity contribution is 9.10. The molecule has 1 N–H and O–H groups in total. The second-order valence-corrected chi connectivity index (χ2v) is 5.87. The predicted molar refractivity (Wildman–Crippen MR) is 79.3 cm³/mol. The summed E-state index contributed by atoms with van der Waals surface area (Å²) in [6.07, 6.45) is 0. The fourth-order valence-corrected chi connectivity index (χ4v) is 3.02. The minimum atomic E-state index is -1.21. The van der Waals surface area contributed by atoms with Gasteiger partial charge in [0.2, 0.25) is 0 Å². The molecule has 94 valence electrons. The molecule has 0 aliphatic carbocycles. The highest BCUT2D eigenvalue weighted by Gasteiger charge is 2.29. The fourth-order valence-electron chi connectivity index (χ4n) is 1.87. The quantitative estimate of drug-likeness (QED) is 0.810. The van der Waals surface area contributed by atoms with Gasteiger partial charge in [-0.3, -0.25) is 0 Å². The van der Waals surface area contributed by atoms with Crippen LogP contribution in [0.15, 0.2) is 46.9 Å². The third-order valence-corrected chi connectivity index (χ3v) is 4.11. The van der Waals surface area contributed by atoms with Crippen molar-refractivity contribution in [3.8, 4) is 0 Å². The molecule has 18 heavy (non-hydrogen) atoms. The number of hydrogen-bond acceptors (Lipinski definition) is 1. The minimum Gasteiger partial charge on any atom is -0.381 e. The van der Waals surface area contributed by atoms with Crippen LogP contribution >= 0.6 is 39.1 Å². The number of aliphatic hydroxyl groups is 1. The zero-order valence-electron chi connectivity index (χ0n) is 9.62. The van der Waals surface area contributed by atoms with E-state index in [0.717, 1.165) is 10.0 Å². The van der Waals surface area contributed by atoms with Crippen LogP contribution < -0.4 is 0 Å². The molecule has 0 radical (unpaired) electrons. The van der Waals surface area contributed by atoms with Gasteiger partial charge in [0.25, 0.3) is 0 Å². The lowest BCUT2D eigenvalue weighted by molar-refractivity contribution is 0.102. The van der Waals surface area contributed by atoms with Gasteiger partial charge in [0.1, 0.15) is 5.60 Å². The Bertz CT molecular complexity index is 582. The smallest absolute Gasteiger partial charge is 0.114 e. The van der Waals surface area contributed by atoms with E-state index in [0.29, 0.717) is 15.6 Å². The van der Waals surface area contributed by atoms with Crippen molar-refractivity contribution in [1.82, 2.24) is 0 Å². The van der Waals surface area contributed by atoms with Crippen molar-refractivity contribution in [1.29, 1.82) is 0 Å². The normalized spacial score (nSPS) is 14.3. The van der Waals surface area contributed by atoms with Gasteiger partial charge in [-0.05, 0) is 31.2 Å². The average Bonchev–Trinajstić information content (AvgIpc) is 2.32. The molecule has 0 aliphatic heterocycles. The molecule has 2 rings (SSSR count). The third kappa shape index (κ3) is 2.57. The Morgan fingerprint density at radius 3 is 2.39 bits per heavy atom. The van der Waals surface area contributed by atoms with Gasteiger partial charge in [-0.1, -0.05) is 57.3 Å². The molecule has 0 spiro atoms. The Balaban J connectivity index is 2.61. The first-order valence-corrected chi connectivity index (χ1v) is 6.90. The van der Waals surface area contributed by atoms with Crippen LogP contribution in [0, 0.1) is 0 Å². The van der Waals surface area contributed by atoms with Gasteiger partial charge in [-0.25, -0.2) is 0 Å². The van der Waals surface area contributed by atoms with Crippen LogP contribution in [-0.4, -0.2) is 5.11 Å². The lowest BCUT2D eigenvalue weighted by atomic mass is 9.88. The van der Waals surface area contributed by atoms with Crippen LogP contribution in [-0.2, 0) is 5.60 Å². The summed E-state index contributed by atoms with van der Waals surface area (Å²) in [5, 5.41) is 11.8. The van der Waals surface area contributed by atoms with Crippen LogP contribution in [0.5, 0.6) is 0 Å². The molecule has 1 atom stereocenters. The standard InChI is InChI=1S/C14H11BrCl2O/c1-14(18,10-4-2-3-5-12(10)15)11-8-9(16)6-7-13(11)17/h2-8,18H,1H3. The van der Waals surface area contributed by atoms with Crippen LogP contribution in [0.2, 0.25) is 10.0 Å². The molecular formula is C14H11BrCl2O. The van der Waals surface area contributed by atoms with E-state index in [2.05, 4.69) is 15.9 Å². The molecule has 4 heteroatoms. The summed E-state index contributed by atoms with van der Waals surface area (Å²) in [5.74, 6) is 0. The summed E-state index contributed by atoms with van der Waals surface area (Å²) in [6.45, 7) is 1.70. The summed E-state index contributed by atoms with van der Waals surface area (Å²) >= 11 is 15.6. The van der Waals surface area contributed by atoms with E-state index in [1.54, 1.807) is 25.1 Å². The van der Waals surface area contributed by atoms with Crippen LogP contribution in [0.1, 0.15) is 18.1 Å². The van der Waals surface area contributed by atoms with Gasteiger partial charge < -0.3 is 5.11 Å². The maximum Gasteiger partial charge on any atom is 0.114 e. The largest absolute Gasteiger partial charge is 0.381 e. The lowest BCUT2D eigenvalue weighted by Crippen LogP contribution is -2.23. The maximum atomic E-state index is 10.8. The molecule has 0 aromatic heterocycles. The van der Waals surface area contributed by atoms with Gasteiger partial charge >= 0.3 is 0 Å². The van der Waals surface area contributed by atoms with Crippen molar-refractivity contribution in [2.24, 2.45) is 0 Å². The number of halogens is 3. The molecule has 0 bridgehead atoms. The average molecular weight is 346 g/mol. The molecular weight excluding hydrogens is 335 g/mol. The number of rotatable bonds is 2. The van der Waals surface area contributed by atoms with E-state index in [4.69, 9.17) is 23.2 Å². The first kappa shape index (κ1) is 13.9. The SMILES string of the molecule is CC(O)(c1cc(Cl)ccc1Cl)c1ccccc1Br. The molecule has 0 saturated carbocycles. The van der Waals surface area contributed by atoms with Gasteiger partial charge in [0.05, 0.1) is 0 Å². The summed E-state index contributed by atoms with van der Waals surface area (Å²) < 4.78 is 0.825. The van der Waals surface area contributed by atoms with Crippen molar-refractivity contribution in [2.45, 2.75) is 12.5 Å². The molecule has 2 aromatic rings. The maximum absolute atomic E-state index is 10.8. The van der Waals surface area contributed by atoms with Gasteiger partial charge in [0.15, 0.2) is 0 Å². The Labute approximate surface area is 124 Å². The second kappa shape index (κ2) is 5.22. The van der Waals surface area contributed by atoms with E-state index in [9.17, 15) is 5.11 Å². The Kier molecular flexibility index (Phi) is 4.02. The highest BCUT2D eigenvalue weighted by Crippen LogP contribution is 2.38. The molecule has 0 saturated heterocycles. The first-order chi connectivity index (χ1) is 8.43. The third-order valence-electron chi connectivity index (χ3n) is 2.85. The van der Waals surface area contributed by atoms with Crippen LogP contribution in [0.4, 0.5) is 0 Å². The first-order valence-electron chi connectivity index (χ1n) is 5.36. The van der Waals surface area contributed by atoms with Crippen molar-refractivity contribution < 1.29 is 5.11 Å². The molecule has 0 fully saturated rings. The zero-order chi connectivity index (χ0) is 13.3. The topological polar surface area (TPSA) is 20.2 Å². The van der Waals surface area contributed by atoms with Crippen molar-refractivity contribution >= 4 is 39.1 Å². The Hall–Kier alpha value is -0.540. The second-order valence-electron chi connectivity index (χ2n) is 4.18. The van der Waals surface area contributed by atoms with E-state index in [-0.39, 0.29) is 0 Å². The van der Waals surface area contributed by atoms with Gasteiger partial charge in [-0.15, -0.1) is 0 Å². The zero-order valence-corrected chi connectivity index (χ0v) is 12.7. The minimum absolute atomic E-state index is 0.486. The summed E-state index contributed by atoms with van der Waals surface area (Å²) in [6, 6.07) is 12.6. The van der Waals surface area contributed by atoms with Crippen LogP contribution in [0.3, 0.4) is 0 Å². The molecule has 1 nitrogen and oxygen atoms in total. The van der Waals surface area contributed by atoms with Crippen LogP contribution in [0.25, 0.3) is 0 Å². The molecule has 0 heterocycles. The van der Waals surface area contributed by atoms with Crippen molar-refractivity contribution in [3.05, 3.63) is 68.1 Å². The Morgan fingerprint density at radius 1 is 1.06 bits per heavy atom. The van der Waals surface area contributed by atoms with Crippen molar-refractivity contribution in [3.63, 3.8) is 0 Å². The van der Waals surface area contributed by atoms with E-state index < -0.39 is 5.60 Å². The lowest BCUT2D eigenvalue weighted by Gasteiger charge is -2.26. The summed E-state index contributed by atoms with van der Waals surface area (Å²) in [5.41, 5.74) is 0.125. The van der Waals surface area contributed by atoms with Gasteiger partial charge in [0, 0.05) is 25.6 Å². The van der Waals surface area contributed by atoms with E-state index in [1.165, 1.54) is 0 Å². The molecule has 1 unspecified atom stereocenters. The van der Waals surface area contributed by atoms with E-state index in [1.807, 2.05) is 24.3 Å². The Morgan fingerprint density at radius 2 is 1.72 bits per heavy atom. The predicted octanol–water partition coefficient (Wildman–Crippen LogP) is 5.01. The molecule has 2 aromatic carbocycles. The van der Waals surface area contributed by atoms with Gasteiger partial charge in [-0.2, -0.15) is 0 Å². The number of hydrogen-bond donors (Lipinski definition) is 1. The molecule has 0 aliphatic rings. The van der Waals surface area contributed by atoms with E-state index >= 15 is 0 Å². The van der Waals surface area contributed by atoms with Crippen molar-refractivity contribution in [2.75, 3.05) is 0 Å². The number of benzene rings is 2. The summed E-state index contributed by atoms with van der Waals surface area (Å²) in [4.78, 5) is 0. The molecule has 0 amide bonds. The highest BCUT2D eigenvalue weighted by atomic mass is 79.9. The summed E-state index contributed by atoms with van der Waals surface area (Å²) in [7, 11) is 0. The fraction of sp³-hybridized carbons (Fsp3) is 0.143.